The minimum atomic E-state index is -0.514. The fourth-order valence-corrected chi connectivity index (χ4v) is 3.87. The van der Waals surface area contributed by atoms with Crippen LogP contribution < -0.4 is 20.1 Å². The summed E-state index contributed by atoms with van der Waals surface area (Å²) in [6.45, 7) is 2.44. The fraction of sp³-hybridized carbons (Fsp3) is 0.0882. The largest absolute Gasteiger partial charge is 0.497 e. The fourth-order valence-electron chi connectivity index (χ4n) is 3.87. The van der Waals surface area contributed by atoms with Gasteiger partial charge in [0.05, 0.1) is 13.7 Å². The Morgan fingerprint density at radius 2 is 1.49 bits per heavy atom. The minimum Gasteiger partial charge on any atom is -0.497 e. The standard InChI is InChI=1S/C34H30N2O5/c1-3-41-29-19-12-25(13-20-29)23-31(36-33(38)27-9-5-4-6-10-27)34(39)35-28-17-15-26(16-18-28)32(37)21-14-24-8-7-11-30(22-24)40-2/h4-23H,3H2,1-2H3,(H,35,39)(H,36,38)/b21-14+,31-23-. The molecular formula is C34H30N2O5. The van der Waals surface area contributed by atoms with E-state index >= 15 is 0 Å². The molecule has 2 N–H and O–H groups in total. The molecule has 0 aliphatic carbocycles. The highest BCUT2D eigenvalue weighted by Gasteiger charge is 2.15. The molecule has 7 nitrogen and oxygen atoms in total. The third-order valence-corrected chi connectivity index (χ3v) is 5.98. The van der Waals surface area contributed by atoms with E-state index in [1.165, 1.54) is 6.08 Å². The summed E-state index contributed by atoms with van der Waals surface area (Å²) in [7, 11) is 1.59. The summed E-state index contributed by atoms with van der Waals surface area (Å²) in [4.78, 5) is 38.8. The molecule has 4 rings (SSSR count). The van der Waals surface area contributed by atoms with Crippen molar-refractivity contribution in [2.24, 2.45) is 0 Å². The zero-order chi connectivity index (χ0) is 29.0. The Morgan fingerprint density at radius 1 is 0.756 bits per heavy atom. The number of carbonyl (C=O) groups excluding carboxylic acids is 3. The van der Waals surface area contributed by atoms with Crippen LogP contribution in [0.25, 0.3) is 12.2 Å². The Balaban J connectivity index is 1.49. The number of ketones is 1. The Hall–Kier alpha value is -5.43. The molecule has 4 aromatic rings. The number of amides is 2. The van der Waals surface area contributed by atoms with Gasteiger partial charge in [-0.15, -0.1) is 0 Å². The lowest BCUT2D eigenvalue weighted by Crippen LogP contribution is -2.30. The second kappa shape index (κ2) is 14.1. The third kappa shape index (κ3) is 8.28. The Morgan fingerprint density at radius 3 is 2.17 bits per heavy atom. The van der Waals surface area contributed by atoms with Crippen molar-refractivity contribution in [2.45, 2.75) is 6.92 Å². The van der Waals surface area contributed by atoms with E-state index < -0.39 is 11.8 Å². The van der Waals surface area contributed by atoms with Crippen LogP contribution in [0.2, 0.25) is 0 Å². The van der Waals surface area contributed by atoms with Gasteiger partial charge in [-0.1, -0.05) is 48.5 Å². The summed E-state index contributed by atoms with van der Waals surface area (Å²) in [5.41, 5.74) is 2.95. The zero-order valence-corrected chi connectivity index (χ0v) is 22.8. The van der Waals surface area contributed by atoms with Gasteiger partial charge in [-0.05, 0) is 90.9 Å². The van der Waals surface area contributed by atoms with Gasteiger partial charge in [-0.2, -0.15) is 0 Å². The third-order valence-electron chi connectivity index (χ3n) is 5.98. The lowest BCUT2D eigenvalue weighted by molar-refractivity contribution is -0.113. The first kappa shape index (κ1) is 28.6. The van der Waals surface area contributed by atoms with Crippen LogP contribution in [0, 0.1) is 0 Å². The van der Waals surface area contributed by atoms with Gasteiger partial charge in [0, 0.05) is 16.8 Å². The number of benzene rings is 4. The van der Waals surface area contributed by atoms with E-state index in [4.69, 9.17) is 9.47 Å². The maximum Gasteiger partial charge on any atom is 0.272 e. The number of hydrogen-bond acceptors (Lipinski definition) is 5. The predicted octanol–water partition coefficient (Wildman–Crippen LogP) is 6.40. The highest BCUT2D eigenvalue weighted by Crippen LogP contribution is 2.18. The second-order valence-electron chi connectivity index (χ2n) is 8.89. The SMILES string of the molecule is CCOc1ccc(/C=C(\NC(=O)c2ccccc2)C(=O)Nc2ccc(C(=O)/C=C/c3cccc(OC)c3)cc2)cc1. The van der Waals surface area contributed by atoms with Crippen LogP contribution in [-0.4, -0.2) is 31.3 Å². The Bertz CT molecular complexity index is 1560. The number of nitrogens with one attached hydrogen (secondary N) is 2. The molecule has 0 saturated heterocycles. The molecule has 2 amide bonds. The van der Waals surface area contributed by atoms with E-state index in [0.717, 1.165) is 5.56 Å². The molecule has 206 valence electrons. The van der Waals surface area contributed by atoms with Gasteiger partial charge in [0.15, 0.2) is 5.78 Å². The number of methoxy groups -OCH3 is 1. The van der Waals surface area contributed by atoms with Crippen LogP contribution in [0.1, 0.15) is 38.8 Å². The summed E-state index contributed by atoms with van der Waals surface area (Å²) in [5.74, 6) is 0.298. The van der Waals surface area contributed by atoms with Crippen LogP contribution in [0.4, 0.5) is 5.69 Å². The lowest BCUT2D eigenvalue weighted by atomic mass is 10.1. The molecule has 0 atom stereocenters. The maximum atomic E-state index is 13.3. The average molecular weight is 547 g/mol. The van der Waals surface area contributed by atoms with Crippen molar-refractivity contribution in [3.63, 3.8) is 0 Å². The number of rotatable bonds is 11. The van der Waals surface area contributed by atoms with Crippen molar-refractivity contribution < 1.29 is 23.9 Å². The van der Waals surface area contributed by atoms with Gasteiger partial charge in [0.2, 0.25) is 0 Å². The van der Waals surface area contributed by atoms with E-state index in [1.807, 2.05) is 37.3 Å². The number of hydrogen-bond donors (Lipinski definition) is 2. The van der Waals surface area contributed by atoms with Crippen LogP contribution >= 0.6 is 0 Å². The van der Waals surface area contributed by atoms with Crippen LogP contribution in [0.3, 0.4) is 0 Å². The van der Waals surface area contributed by atoms with Crippen molar-refractivity contribution in [3.05, 3.63) is 137 Å². The molecule has 0 spiro atoms. The Kier molecular flexibility index (Phi) is 9.82. The highest BCUT2D eigenvalue weighted by atomic mass is 16.5. The van der Waals surface area contributed by atoms with E-state index in [2.05, 4.69) is 10.6 Å². The smallest absolute Gasteiger partial charge is 0.272 e. The molecule has 7 heteroatoms. The van der Waals surface area contributed by atoms with Crippen molar-refractivity contribution in [1.82, 2.24) is 5.32 Å². The molecule has 0 aromatic heterocycles. The first-order valence-corrected chi connectivity index (χ1v) is 13.0. The lowest BCUT2D eigenvalue weighted by Gasteiger charge is -2.12. The molecule has 0 radical (unpaired) electrons. The molecule has 0 unspecified atom stereocenters. The molecule has 0 saturated carbocycles. The summed E-state index contributed by atoms with van der Waals surface area (Å²) < 4.78 is 10.7. The zero-order valence-electron chi connectivity index (χ0n) is 22.8. The normalized spacial score (nSPS) is 11.1. The van der Waals surface area contributed by atoms with Gasteiger partial charge in [-0.3, -0.25) is 14.4 Å². The van der Waals surface area contributed by atoms with Crippen LogP contribution in [0.15, 0.2) is 115 Å². The summed E-state index contributed by atoms with van der Waals surface area (Å²) in [6.07, 6.45) is 4.79. The predicted molar refractivity (Wildman–Crippen MR) is 161 cm³/mol. The maximum absolute atomic E-state index is 13.3. The van der Waals surface area contributed by atoms with Gasteiger partial charge in [-0.25, -0.2) is 0 Å². The average Bonchev–Trinajstić information content (AvgIpc) is 3.01. The molecule has 0 bridgehead atoms. The Labute approximate surface area is 239 Å². The molecule has 0 aliphatic heterocycles. The number of anilines is 1. The van der Waals surface area contributed by atoms with Crippen molar-refractivity contribution in [1.29, 1.82) is 0 Å². The molecule has 0 aliphatic rings. The van der Waals surface area contributed by atoms with E-state index in [-0.39, 0.29) is 11.5 Å². The van der Waals surface area contributed by atoms with Gasteiger partial charge >= 0.3 is 0 Å². The molecule has 0 heterocycles. The van der Waals surface area contributed by atoms with E-state index in [9.17, 15) is 14.4 Å². The van der Waals surface area contributed by atoms with E-state index in [1.54, 1.807) is 92.1 Å². The van der Waals surface area contributed by atoms with Gasteiger partial charge < -0.3 is 20.1 Å². The van der Waals surface area contributed by atoms with Gasteiger partial charge in [0.25, 0.3) is 11.8 Å². The van der Waals surface area contributed by atoms with Gasteiger partial charge in [0.1, 0.15) is 17.2 Å². The molecule has 0 fully saturated rings. The number of ether oxygens (including phenoxy) is 2. The number of carbonyl (C=O) groups is 3. The molecule has 41 heavy (non-hydrogen) atoms. The van der Waals surface area contributed by atoms with Crippen LogP contribution in [-0.2, 0) is 4.79 Å². The van der Waals surface area contributed by atoms with Crippen molar-refractivity contribution in [2.75, 3.05) is 19.0 Å². The highest BCUT2D eigenvalue weighted by molar-refractivity contribution is 6.11. The van der Waals surface area contributed by atoms with Crippen molar-refractivity contribution in [3.8, 4) is 11.5 Å². The monoisotopic (exact) mass is 546 g/mol. The van der Waals surface area contributed by atoms with E-state index in [0.29, 0.717) is 40.5 Å². The summed E-state index contributed by atoms with van der Waals surface area (Å²) in [6, 6.07) is 29.7. The van der Waals surface area contributed by atoms with Crippen LogP contribution in [0.5, 0.6) is 11.5 Å². The quantitative estimate of drug-likeness (QED) is 0.168. The molecule has 4 aromatic carbocycles. The second-order valence-corrected chi connectivity index (χ2v) is 8.89. The first-order valence-electron chi connectivity index (χ1n) is 13.0. The first-order chi connectivity index (χ1) is 19.9. The van der Waals surface area contributed by atoms with Crippen molar-refractivity contribution >= 4 is 35.4 Å². The summed E-state index contributed by atoms with van der Waals surface area (Å²) in [5, 5.41) is 5.52. The number of allylic oxidation sites excluding steroid dienone is 1. The minimum absolute atomic E-state index is 0.0596. The summed E-state index contributed by atoms with van der Waals surface area (Å²) >= 11 is 0. The topological polar surface area (TPSA) is 93.7 Å². The molecular weight excluding hydrogens is 516 g/mol.